The number of rotatable bonds is 12. The summed E-state index contributed by atoms with van der Waals surface area (Å²) in [7, 11) is 1.67. The Morgan fingerprint density at radius 3 is 2.52 bits per heavy atom. The summed E-state index contributed by atoms with van der Waals surface area (Å²) >= 11 is 0. The van der Waals surface area contributed by atoms with Crippen LogP contribution in [0.5, 0.6) is 0 Å². The van der Waals surface area contributed by atoms with Crippen LogP contribution < -0.4 is 0 Å². The van der Waals surface area contributed by atoms with E-state index in [1.54, 1.807) is 25.3 Å². The second-order valence-electron chi connectivity index (χ2n) is 6.17. The van der Waals surface area contributed by atoms with Gasteiger partial charge < -0.3 is 20.4 Å². The molecular weight excluding hydrogens is 350 g/mol. The number of hydrogen-bond donors (Lipinski definition) is 4. The SMILES string of the molecule is CC/C=C\C[C@H](O)[C@H](O)/C=C/c1c([C@@H](O)C/C=C\CCC(=O)O)nnn1C. The van der Waals surface area contributed by atoms with Crippen molar-refractivity contribution in [3.63, 3.8) is 0 Å². The van der Waals surface area contributed by atoms with Crippen LogP contribution in [0, 0.1) is 0 Å². The molecule has 0 radical (unpaired) electrons. The van der Waals surface area contributed by atoms with Gasteiger partial charge in [0.15, 0.2) is 0 Å². The Hall–Kier alpha value is -2.29. The molecule has 0 aromatic carbocycles. The first-order chi connectivity index (χ1) is 12.9. The predicted molar refractivity (Wildman–Crippen MR) is 102 cm³/mol. The van der Waals surface area contributed by atoms with Crippen LogP contribution in [0.3, 0.4) is 0 Å². The van der Waals surface area contributed by atoms with Gasteiger partial charge in [0.25, 0.3) is 0 Å². The number of aliphatic hydroxyl groups is 3. The number of hydrogen-bond acceptors (Lipinski definition) is 6. The van der Waals surface area contributed by atoms with Crippen LogP contribution in [0.15, 0.2) is 30.4 Å². The molecule has 0 saturated heterocycles. The molecule has 8 nitrogen and oxygen atoms in total. The van der Waals surface area contributed by atoms with Gasteiger partial charge in [-0.05, 0) is 31.8 Å². The van der Waals surface area contributed by atoms with Crippen LogP contribution in [-0.2, 0) is 11.8 Å². The molecule has 0 spiro atoms. The van der Waals surface area contributed by atoms with E-state index < -0.39 is 24.3 Å². The molecule has 1 rings (SSSR count). The van der Waals surface area contributed by atoms with Crippen LogP contribution in [0.4, 0.5) is 0 Å². The summed E-state index contributed by atoms with van der Waals surface area (Å²) in [6.45, 7) is 1.99. The molecule has 0 aliphatic heterocycles. The highest BCUT2D eigenvalue weighted by Gasteiger charge is 2.17. The molecule has 1 heterocycles. The van der Waals surface area contributed by atoms with Crippen LogP contribution in [0.1, 0.15) is 56.5 Å². The molecule has 8 heteroatoms. The second-order valence-corrected chi connectivity index (χ2v) is 6.17. The Morgan fingerprint density at radius 1 is 1.15 bits per heavy atom. The van der Waals surface area contributed by atoms with Crippen molar-refractivity contribution in [1.29, 1.82) is 0 Å². The normalized spacial score (nSPS) is 15.7. The third-order valence-corrected chi connectivity index (χ3v) is 3.89. The van der Waals surface area contributed by atoms with E-state index in [2.05, 4.69) is 10.3 Å². The first kappa shape index (κ1) is 22.8. The van der Waals surface area contributed by atoms with E-state index in [1.807, 2.05) is 19.1 Å². The quantitative estimate of drug-likeness (QED) is 0.407. The van der Waals surface area contributed by atoms with Crippen LogP contribution in [-0.4, -0.2) is 53.6 Å². The zero-order valence-electron chi connectivity index (χ0n) is 15.8. The summed E-state index contributed by atoms with van der Waals surface area (Å²) in [5, 5.41) is 46.7. The third kappa shape index (κ3) is 8.29. The van der Waals surface area contributed by atoms with Crippen molar-refractivity contribution in [2.24, 2.45) is 7.05 Å². The number of allylic oxidation sites excluding steroid dienone is 2. The number of carbonyl (C=O) groups is 1. The predicted octanol–water partition coefficient (Wildman–Crippen LogP) is 1.75. The fourth-order valence-electron chi connectivity index (χ4n) is 2.33. The average molecular weight is 379 g/mol. The average Bonchev–Trinajstić information content (AvgIpc) is 2.99. The van der Waals surface area contributed by atoms with Gasteiger partial charge in [0.05, 0.1) is 17.9 Å². The van der Waals surface area contributed by atoms with Crippen molar-refractivity contribution < 1.29 is 25.2 Å². The minimum atomic E-state index is -1.05. The highest BCUT2D eigenvalue weighted by atomic mass is 16.4. The maximum absolute atomic E-state index is 10.5. The van der Waals surface area contributed by atoms with Crippen molar-refractivity contribution in [1.82, 2.24) is 15.0 Å². The number of aryl methyl sites for hydroxylation is 1. The van der Waals surface area contributed by atoms with E-state index in [4.69, 9.17) is 5.11 Å². The van der Waals surface area contributed by atoms with Crippen molar-refractivity contribution in [3.05, 3.63) is 41.8 Å². The molecule has 0 saturated carbocycles. The molecule has 0 fully saturated rings. The summed E-state index contributed by atoms with van der Waals surface area (Å²) in [5.74, 6) is -0.868. The Balaban J connectivity index is 2.70. The van der Waals surface area contributed by atoms with Crippen molar-refractivity contribution in [3.8, 4) is 0 Å². The number of aromatic nitrogens is 3. The Kier molecular flexibility index (Phi) is 10.2. The number of carboxylic acid groups (broad SMARTS) is 1. The smallest absolute Gasteiger partial charge is 0.303 e. The largest absolute Gasteiger partial charge is 0.481 e. The first-order valence-electron chi connectivity index (χ1n) is 9.00. The lowest BCUT2D eigenvalue weighted by Gasteiger charge is -2.12. The molecule has 0 aliphatic carbocycles. The van der Waals surface area contributed by atoms with E-state index in [0.717, 1.165) is 6.42 Å². The molecule has 4 N–H and O–H groups in total. The molecule has 0 amide bonds. The van der Waals surface area contributed by atoms with Crippen molar-refractivity contribution in [2.75, 3.05) is 0 Å². The summed E-state index contributed by atoms with van der Waals surface area (Å²) in [4.78, 5) is 10.5. The monoisotopic (exact) mass is 379 g/mol. The number of nitrogens with zero attached hydrogens (tertiary/aromatic N) is 3. The zero-order valence-corrected chi connectivity index (χ0v) is 15.8. The third-order valence-electron chi connectivity index (χ3n) is 3.89. The summed E-state index contributed by atoms with van der Waals surface area (Å²) in [5.41, 5.74) is 0.876. The lowest BCUT2D eigenvalue weighted by molar-refractivity contribution is -0.136. The standard InChI is InChI=1S/C19H29N3O5/c1-3-4-6-9-15(23)16(24)13-12-14-19(20-21-22(14)2)17(25)10-7-5-8-11-18(26)27/h4-7,12-13,15-17,23-25H,3,8-11H2,1-2H3,(H,26,27)/b6-4-,7-5-,13-12+/t15-,16+,17-/m0/s1. The summed E-state index contributed by atoms with van der Waals surface area (Å²) in [6, 6.07) is 0. The topological polar surface area (TPSA) is 129 Å². The molecule has 0 aliphatic rings. The lowest BCUT2D eigenvalue weighted by atomic mass is 10.1. The maximum Gasteiger partial charge on any atom is 0.303 e. The molecule has 3 atom stereocenters. The zero-order chi connectivity index (χ0) is 20.2. The van der Waals surface area contributed by atoms with Gasteiger partial charge in [0.2, 0.25) is 0 Å². The van der Waals surface area contributed by atoms with Gasteiger partial charge in [-0.2, -0.15) is 0 Å². The molecule has 27 heavy (non-hydrogen) atoms. The van der Waals surface area contributed by atoms with Gasteiger partial charge in [-0.15, -0.1) is 5.10 Å². The molecule has 0 unspecified atom stereocenters. The van der Waals surface area contributed by atoms with E-state index in [0.29, 0.717) is 24.2 Å². The maximum atomic E-state index is 10.5. The van der Waals surface area contributed by atoms with Gasteiger partial charge in [-0.1, -0.05) is 42.5 Å². The molecule has 1 aromatic heterocycles. The van der Waals surface area contributed by atoms with Gasteiger partial charge in [-0.25, -0.2) is 4.68 Å². The minimum absolute atomic E-state index is 0.0411. The molecule has 150 valence electrons. The van der Waals surface area contributed by atoms with Crippen molar-refractivity contribution in [2.45, 2.75) is 57.3 Å². The fraction of sp³-hybridized carbons (Fsp3) is 0.526. The lowest BCUT2D eigenvalue weighted by Crippen LogP contribution is -2.22. The number of aliphatic carboxylic acids is 1. The van der Waals surface area contributed by atoms with E-state index in [1.165, 1.54) is 10.8 Å². The van der Waals surface area contributed by atoms with Gasteiger partial charge in [0, 0.05) is 13.5 Å². The first-order valence-corrected chi connectivity index (χ1v) is 9.00. The van der Waals surface area contributed by atoms with Gasteiger partial charge in [0.1, 0.15) is 11.8 Å². The summed E-state index contributed by atoms with van der Waals surface area (Å²) < 4.78 is 1.47. The fourth-order valence-corrected chi connectivity index (χ4v) is 2.33. The summed E-state index contributed by atoms with van der Waals surface area (Å²) in [6.07, 6.45) is 9.20. The van der Waals surface area contributed by atoms with Crippen LogP contribution >= 0.6 is 0 Å². The van der Waals surface area contributed by atoms with Crippen molar-refractivity contribution >= 4 is 12.0 Å². The van der Waals surface area contributed by atoms with E-state index >= 15 is 0 Å². The Bertz CT molecular complexity index is 666. The minimum Gasteiger partial charge on any atom is -0.481 e. The molecule has 1 aromatic rings. The van der Waals surface area contributed by atoms with E-state index in [-0.39, 0.29) is 12.8 Å². The Morgan fingerprint density at radius 2 is 1.85 bits per heavy atom. The highest BCUT2D eigenvalue weighted by molar-refractivity contribution is 5.66. The van der Waals surface area contributed by atoms with Gasteiger partial charge >= 0.3 is 5.97 Å². The van der Waals surface area contributed by atoms with Gasteiger partial charge in [-0.3, -0.25) is 4.79 Å². The van der Waals surface area contributed by atoms with E-state index in [9.17, 15) is 20.1 Å². The number of aliphatic hydroxyl groups excluding tert-OH is 3. The Labute approximate surface area is 159 Å². The second kappa shape index (κ2) is 12.2. The number of carboxylic acids is 1. The molecular formula is C19H29N3O5. The van der Waals surface area contributed by atoms with Crippen LogP contribution in [0.2, 0.25) is 0 Å². The highest BCUT2D eigenvalue weighted by Crippen LogP contribution is 2.20. The molecule has 0 bridgehead atoms. The van der Waals surface area contributed by atoms with Crippen LogP contribution in [0.25, 0.3) is 6.08 Å².